The highest BCUT2D eigenvalue weighted by atomic mass is 16.8. The van der Waals surface area contributed by atoms with E-state index in [1.807, 2.05) is 0 Å². The van der Waals surface area contributed by atoms with Gasteiger partial charge in [-0.1, -0.05) is 6.42 Å². The molecule has 640 valence electrons. The van der Waals surface area contributed by atoms with E-state index in [4.69, 9.17) is 66.3 Å². The van der Waals surface area contributed by atoms with Gasteiger partial charge in [-0.3, -0.25) is 24.0 Å². The van der Waals surface area contributed by atoms with Crippen LogP contribution in [0.5, 0.6) is 0 Å². The minimum Gasteiger partial charge on any atom is -0.477 e. The van der Waals surface area contributed by atoms with Crippen LogP contribution in [-0.4, -0.2) is 440 Å². The van der Waals surface area contributed by atoms with Crippen LogP contribution < -0.4 is 21.3 Å². The minimum atomic E-state index is -3.04. The van der Waals surface area contributed by atoms with E-state index in [0.29, 0.717) is 12.8 Å². The monoisotopic (exact) mass is 1620 g/mol. The zero-order valence-electron chi connectivity index (χ0n) is 60.4. The van der Waals surface area contributed by atoms with Gasteiger partial charge in [0.15, 0.2) is 31.5 Å². The molecule has 37 atom stereocenters. The molecule has 0 aromatic rings. The van der Waals surface area contributed by atoms with Crippen molar-refractivity contribution in [2.75, 3.05) is 60.0 Å². The number of rotatable bonds is 36. The summed E-state index contributed by atoms with van der Waals surface area (Å²) >= 11 is 0. The van der Waals surface area contributed by atoms with Crippen molar-refractivity contribution in [1.82, 2.24) is 21.3 Å². The fourth-order valence-electron chi connectivity index (χ4n) is 13.7. The van der Waals surface area contributed by atoms with Crippen molar-refractivity contribution in [3.63, 3.8) is 0 Å². The van der Waals surface area contributed by atoms with Gasteiger partial charge in [-0.05, 0) is 12.8 Å². The normalized spacial score (nSPS) is 41.9. The maximum atomic E-state index is 13.0. The van der Waals surface area contributed by atoms with E-state index in [1.165, 1.54) is 7.11 Å². The molecule has 0 radical (unpaired) electrons. The van der Waals surface area contributed by atoms with Crippen molar-refractivity contribution in [2.24, 2.45) is 0 Å². The molecule has 7 saturated heterocycles. The highest BCUT2D eigenvalue weighted by Gasteiger charge is 2.61. The molecule has 111 heavy (non-hydrogen) atoms. The van der Waals surface area contributed by atoms with Crippen LogP contribution in [-0.2, 0) is 105 Å². The van der Waals surface area contributed by atoms with Gasteiger partial charge in [-0.2, -0.15) is 0 Å². The largest absolute Gasteiger partial charge is 0.477 e. The van der Waals surface area contributed by atoms with E-state index < -0.39 is 327 Å². The summed E-state index contributed by atoms with van der Waals surface area (Å²) in [7, 11) is 1.19. The molecule has 0 bridgehead atoms. The molecule has 7 rings (SSSR count). The van der Waals surface area contributed by atoms with Crippen LogP contribution in [0.4, 0.5) is 0 Å². The molecule has 0 unspecified atom stereocenters. The van der Waals surface area contributed by atoms with Gasteiger partial charge in [0.1, 0.15) is 159 Å². The number of carboxylic acid groups (broad SMARTS) is 2. The summed E-state index contributed by atoms with van der Waals surface area (Å²) in [5.74, 6) is -14.0. The Morgan fingerprint density at radius 3 is 1.19 bits per heavy atom. The summed E-state index contributed by atoms with van der Waals surface area (Å²) < 4.78 is 86.5. The number of aliphatic hydroxyl groups excluding tert-OH is 20. The molecule has 26 N–H and O–H groups in total. The zero-order valence-corrected chi connectivity index (χ0v) is 60.4. The zero-order chi connectivity index (χ0) is 82.6. The number of nitrogens with one attached hydrogen (secondary N) is 4. The predicted octanol–water partition coefficient (Wildman–Crippen LogP) is -15.5. The Morgan fingerprint density at radius 1 is 0.414 bits per heavy atom. The number of aliphatic hydroxyl groups is 20. The first-order chi connectivity index (χ1) is 52.2. The van der Waals surface area contributed by atoms with Gasteiger partial charge in [0.25, 0.3) is 11.6 Å². The quantitative estimate of drug-likeness (QED) is 0.0205. The highest BCUT2D eigenvalue weighted by molar-refractivity contribution is 5.78. The number of ether oxygens (including phenoxy) is 15. The Bertz CT molecular complexity index is 3010. The molecular weight excluding hydrogens is 1520 g/mol. The summed E-state index contributed by atoms with van der Waals surface area (Å²) in [6.07, 6.45) is -65.6. The molecule has 7 fully saturated rings. The lowest BCUT2D eigenvalue weighted by molar-refractivity contribution is -0.375. The molecule has 0 aromatic heterocycles. The average Bonchev–Trinajstić information content (AvgIpc) is 0.769. The average molecular weight is 1620 g/mol. The number of carbonyl (C=O) groups is 7. The number of amides is 4. The topological polar surface area (TPSA) is 751 Å². The Kier molecular flexibility index (Phi) is 34.5. The Labute approximate surface area is 630 Å². The van der Waals surface area contributed by atoms with E-state index >= 15 is 0 Å². The first-order valence-corrected chi connectivity index (χ1v) is 35.3. The van der Waals surface area contributed by atoms with Crippen molar-refractivity contribution in [1.29, 1.82) is 0 Å². The smallest absolute Gasteiger partial charge is 0.364 e. The van der Waals surface area contributed by atoms with E-state index in [0.717, 1.165) is 27.7 Å². The van der Waals surface area contributed by atoms with E-state index in [-0.39, 0.29) is 19.4 Å². The fourth-order valence-corrected chi connectivity index (χ4v) is 13.7. The Morgan fingerprint density at radius 2 is 0.793 bits per heavy atom. The third-order valence-electron chi connectivity index (χ3n) is 19.6. The number of carboxylic acids is 2. The fraction of sp³-hybridized carbons (Fsp3) is 0.889. The minimum absolute atomic E-state index is 0.0108. The molecular formula is C63H104N4O44. The van der Waals surface area contributed by atoms with Crippen molar-refractivity contribution in [3.8, 4) is 0 Å². The van der Waals surface area contributed by atoms with Gasteiger partial charge < -0.3 is 205 Å². The second-order valence-electron chi connectivity index (χ2n) is 27.7. The number of esters is 1. The standard InChI is InChI=1S/C63H104N4O44/c1-20(72)64-34-24(76)11-62(60(93)94,110-52(34)38(81)26(78)13-68)100-18-31-40(83)45(88)47(90)58(105-31)107-50-28(15-70)102-55(36(43(50)86)66-22(3)74)99-17-30-42(85)54(49(92)57(104-30)98-10-8-6-7-9-33(80)97-5)109-56-37(67-23(4)75)44(87)51(29(16-71)103-56)108-59-48(91)46(89)41(84)32(106-59)19-101-63(61(95)96)12-25(77)35(65-21(2)73)53(111-63)39(82)27(79)14-69/h24-32,34-59,68-71,76-79,81-92H,6-19H2,1-5H3,(H,64,72)(H,65,73)(H,66,74)(H,67,75)(H,93,94)(H,95,96)/t24-,25+,26-,27+,28-,29-,30-,31-,32-,34+,35-,36-,37-,38-,39+,40+,41+,42+,43-,44-,45+,46+,47-,48-,49-,50-,51-,52+,53-,54+,55-,56+,57-,58+,59+,62+,63+/m1/s1. The number of hydrogen-bond donors (Lipinski definition) is 26. The van der Waals surface area contributed by atoms with Gasteiger partial charge in [0, 0.05) is 53.6 Å². The first kappa shape index (κ1) is 93.1. The summed E-state index contributed by atoms with van der Waals surface area (Å²) in [5.41, 5.74) is 0. The third kappa shape index (κ3) is 22.4. The third-order valence-corrected chi connectivity index (χ3v) is 19.6. The summed E-state index contributed by atoms with van der Waals surface area (Å²) in [6.45, 7) is -4.12. The van der Waals surface area contributed by atoms with E-state index in [1.54, 1.807) is 0 Å². The van der Waals surface area contributed by atoms with Crippen LogP contribution in [0.1, 0.15) is 66.2 Å². The lowest BCUT2D eigenvalue weighted by Gasteiger charge is -2.50. The van der Waals surface area contributed by atoms with Crippen LogP contribution in [0.3, 0.4) is 0 Å². The van der Waals surface area contributed by atoms with Crippen LogP contribution in [0.25, 0.3) is 0 Å². The maximum absolute atomic E-state index is 13.0. The number of hydrogen-bond acceptors (Lipinski definition) is 42. The van der Waals surface area contributed by atoms with Crippen LogP contribution in [0.15, 0.2) is 0 Å². The summed E-state index contributed by atoms with van der Waals surface area (Å²) in [5, 5.41) is 251. The van der Waals surface area contributed by atoms with Crippen molar-refractivity contribution in [2.45, 2.75) is 292 Å². The summed E-state index contributed by atoms with van der Waals surface area (Å²) in [6, 6.07) is -6.99. The van der Waals surface area contributed by atoms with Gasteiger partial charge in [0.05, 0.1) is 77.6 Å². The molecule has 4 amide bonds. The van der Waals surface area contributed by atoms with Crippen LogP contribution >= 0.6 is 0 Å². The van der Waals surface area contributed by atoms with Gasteiger partial charge >= 0.3 is 17.9 Å². The number of carbonyl (C=O) groups excluding carboxylic acids is 5. The molecule has 0 aliphatic carbocycles. The SMILES string of the molecule is COC(=O)CCCCCO[C@@H]1O[C@H](CO[C@@H]2O[C@H](CO)[C@@H](O[C@@H]3O[C@H](CO[C@@]4(C(=O)O)C[C@@H](O)[C@H](NC(C)=O)[C@@H]([C@H](O)[C@H](O)CO)O4)[C@H](O)[C@H](O)[C@H]3O)[C@H](O)[C@H]2NC(C)=O)[C@H](O)[C@H](O[C@@H]2O[C@H](CO)[C@@H](O[C@@H]3O[C@H](CO[C@@]4(C(=O)O)C[C@H](O)[C@@H](NC(C)=O)[C@H]([C@@H](O)[C@@H](O)CO)O4)[C@H](O)[C@H](O)[C@H]3O)[C@H](O)[C@H]2NC(C)=O)[C@H]1O. The molecule has 7 heterocycles. The second-order valence-corrected chi connectivity index (χ2v) is 27.7. The van der Waals surface area contributed by atoms with Gasteiger partial charge in [-0.25, -0.2) is 9.59 Å². The number of methoxy groups -OCH3 is 1. The van der Waals surface area contributed by atoms with Gasteiger partial charge in [-0.15, -0.1) is 0 Å². The second kappa shape index (κ2) is 41.2. The Hall–Kier alpha value is -5.07. The molecule has 48 heteroatoms. The maximum Gasteiger partial charge on any atom is 0.364 e. The van der Waals surface area contributed by atoms with Gasteiger partial charge in [0.2, 0.25) is 23.6 Å². The molecule has 0 saturated carbocycles. The predicted molar refractivity (Wildman–Crippen MR) is 347 cm³/mol. The molecule has 0 aromatic carbocycles. The lowest BCUT2D eigenvalue weighted by Crippen LogP contribution is -2.70. The number of aliphatic carboxylic acids is 2. The van der Waals surface area contributed by atoms with Crippen LogP contribution in [0.2, 0.25) is 0 Å². The van der Waals surface area contributed by atoms with Crippen molar-refractivity contribution in [3.05, 3.63) is 0 Å². The highest BCUT2D eigenvalue weighted by Crippen LogP contribution is 2.40. The van der Waals surface area contributed by atoms with E-state index in [2.05, 4.69) is 26.0 Å². The molecule has 0 spiro atoms. The van der Waals surface area contributed by atoms with Crippen molar-refractivity contribution < 1.29 is 217 Å². The first-order valence-electron chi connectivity index (χ1n) is 35.3. The number of unbranched alkanes of at least 4 members (excludes halogenated alkanes) is 2. The molecule has 7 aliphatic rings. The Balaban J connectivity index is 1.09. The molecule has 48 nitrogen and oxygen atoms in total. The van der Waals surface area contributed by atoms with E-state index in [9.17, 15) is 146 Å². The molecule has 7 aliphatic heterocycles. The van der Waals surface area contributed by atoms with Crippen molar-refractivity contribution >= 4 is 41.5 Å². The lowest BCUT2D eigenvalue weighted by atomic mass is 9.88. The summed E-state index contributed by atoms with van der Waals surface area (Å²) in [4.78, 5) is 87.7. The van der Waals surface area contributed by atoms with Crippen LogP contribution in [0, 0.1) is 0 Å².